The Morgan fingerprint density at radius 3 is 3.00 bits per heavy atom. The van der Waals surface area contributed by atoms with Crippen LogP contribution in [0, 0.1) is 6.92 Å². The molecule has 0 aliphatic heterocycles. The summed E-state index contributed by atoms with van der Waals surface area (Å²) in [5, 5.41) is 3.48. The van der Waals surface area contributed by atoms with E-state index in [1.165, 1.54) is 0 Å². The highest BCUT2D eigenvalue weighted by atomic mass is 32.2. The van der Waals surface area contributed by atoms with Gasteiger partial charge in [0.25, 0.3) is 0 Å². The van der Waals surface area contributed by atoms with Crippen LogP contribution in [-0.2, 0) is 23.0 Å². The average Bonchev–Trinajstić information content (AvgIpc) is 2.94. The SMILES string of the molecule is CCNS(=O)(=O)c1cccc(CNC2CCCc3oc(C)nc32)c1. The average molecular weight is 349 g/mol. The van der Waals surface area contributed by atoms with Gasteiger partial charge in [0.1, 0.15) is 5.76 Å². The van der Waals surface area contributed by atoms with Gasteiger partial charge in [-0.1, -0.05) is 19.1 Å². The zero-order valence-corrected chi connectivity index (χ0v) is 14.8. The van der Waals surface area contributed by atoms with Crippen LogP contribution in [0.5, 0.6) is 0 Å². The summed E-state index contributed by atoms with van der Waals surface area (Å²) in [6, 6.07) is 7.17. The van der Waals surface area contributed by atoms with E-state index in [1.54, 1.807) is 25.1 Å². The van der Waals surface area contributed by atoms with Crippen molar-refractivity contribution in [2.24, 2.45) is 0 Å². The largest absolute Gasteiger partial charge is 0.446 e. The Morgan fingerprint density at radius 1 is 1.38 bits per heavy atom. The molecule has 0 fully saturated rings. The Labute approximate surface area is 142 Å². The number of nitrogens with zero attached hydrogens (tertiary/aromatic N) is 1. The molecule has 0 amide bonds. The van der Waals surface area contributed by atoms with Gasteiger partial charge < -0.3 is 9.73 Å². The molecule has 1 aromatic heterocycles. The first-order valence-corrected chi connectivity index (χ1v) is 9.76. The second-order valence-electron chi connectivity index (χ2n) is 6.02. The second-order valence-corrected chi connectivity index (χ2v) is 7.78. The normalized spacial score (nSPS) is 17.7. The molecule has 1 aliphatic rings. The van der Waals surface area contributed by atoms with Crippen LogP contribution in [0.15, 0.2) is 33.6 Å². The lowest BCUT2D eigenvalue weighted by Gasteiger charge is -2.21. The van der Waals surface area contributed by atoms with Crippen molar-refractivity contribution in [2.45, 2.75) is 50.6 Å². The fourth-order valence-electron chi connectivity index (χ4n) is 3.08. The summed E-state index contributed by atoms with van der Waals surface area (Å²) in [4.78, 5) is 4.79. The number of benzene rings is 1. The Morgan fingerprint density at radius 2 is 2.21 bits per heavy atom. The van der Waals surface area contributed by atoms with Crippen LogP contribution in [0.25, 0.3) is 0 Å². The number of oxazole rings is 1. The fourth-order valence-corrected chi connectivity index (χ4v) is 4.19. The molecule has 6 nitrogen and oxygen atoms in total. The number of sulfonamides is 1. The summed E-state index contributed by atoms with van der Waals surface area (Å²) in [5.41, 5.74) is 1.93. The molecule has 3 rings (SSSR count). The Bertz CT molecular complexity index is 814. The van der Waals surface area contributed by atoms with E-state index in [9.17, 15) is 8.42 Å². The smallest absolute Gasteiger partial charge is 0.240 e. The Balaban J connectivity index is 1.72. The van der Waals surface area contributed by atoms with Crippen LogP contribution < -0.4 is 10.0 Å². The summed E-state index contributed by atoms with van der Waals surface area (Å²) in [6.45, 7) is 4.60. The van der Waals surface area contributed by atoms with Crippen LogP contribution in [0.1, 0.15) is 48.7 Å². The van der Waals surface area contributed by atoms with E-state index in [4.69, 9.17) is 4.42 Å². The van der Waals surface area contributed by atoms with E-state index in [1.807, 2.05) is 13.0 Å². The number of aromatic nitrogens is 1. The van der Waals surface area contributed by atoms with Gasteiger partial charge in [0.05, 0.1) is 16.6 Å². The van der Waals surface area contributed by atoms with E-state index >= 15 is 0 Å². The zero-order valence-electron chi connectivity index (χ0n) is 14.0. The van der Waals surface area contributed by atoms with Crippen molar-refractivity contribution in [3.8, 4) is 0 Å². The molecule has 0 saturated carbocycles. The molecule has 130 valence electrons. The van der Waals surface area contributed by atoms with E-state index in [2.05, 4.69) is 15.0 Å². The lowest BCUT2D eigenvalue weighted by molar-refractivity contribution is 0.403. The highest BCUT2D eigenvalue weighted by molar-refractivity contribution is 7.89. The third kappa shape index (κ3) is 3.68. The third-order valence-electron chi connectivity index (χ3n) is 4.16. The first kappa shape index (κ1) is 17.1. The van der Waals surface area contributed by atoms with E-state index in [-0.39, 0.29) is 6.04 Å². The van der Waals surface area contributed by atoms with Gasteiger partial charge in [-0.3, -0.25) is 0 Å². The lowest BCUT2D eigenvalue weighted by Crippen LogP contribution is -2.25. The van der Waals surface area contributed by atoms with Gasteiger partial charge in [0.15, 0.2) is 5.89 Å². The van der Waals surface area contributed by atoms with Gasteiger partial charge in [-0.15, -0.1) is 0 Å². The molecule has 2 aromatic rings. The molecule has 7 heteroatoms. The molecule has 0 bridgehead atoms. The van der Waals surface area contributed by atoms with Crippen molar-refractivity contribution in [3.63, 3.8) is 0 Å². The van der Waals surface area contributed by atoms with Crippen LogP contribution in [0.4, 0.5) is 0 Å². The minimum Gasteiger partial charge on any atom is -0.446 e. The maximum Gasteiger partial charge on any atom is 0.240 e. The number of hydrogen-bond donors (Lipinski definition) is 2. The molecule has 1 aromatic carbocycles. The predicted molar refractivity (Wildman–Crippen MR) is 91.1 cm³/mol. The molecule has 1 heterocycles. The van der Waals surface area contributed by atoms with Crippen molar-refractivity contribution in [1.29, 1.82) is 0 Å². The maximum atomic E-state index is 12.1. The summed E-state index contributed by atoms with van der Waals surface area (Å²) in [6.07, 6.45) is 3.01. The highest BCUT2D eigenvalue weighted by Gasteiger charge is 2.25. The molecular formula is C17H23N3O3S. The third-order valence-corrected chi connectivity index (χ3v) is 5.70. The molecular weight excluding hydrogens is 326 g/mol. The lowest BCUT2D eigenvalue weighted by atomic mass is 9.96. The van der Waals surface area contributed by atoms with Gasteiger partial charge >= 0.3 is 0 Å². The fraction of sp³-hybridized carbons (Fsp3) is 0.471. The van der Waals surface area contributed by atoms with Gasteiger partial charge in [-0.25, -0.2) is 18.1 Å². The summed E-state index contributed by atoms with van der Waals surface area (Å²) < 4.78 is 32.4. The monoisotopic (exact) mass is 349 g/mol. The molecule has 1 unspecified atom stereocenters. The van der Waals surface area contributed by atoms with Crippen molar-refractivity contribution in [3.05, 3.63) is 47.2 Å². The zero-order chi connectivity index (χ0) is 17.2. The summed E-state index contributed by atoms with van der Waals surface area (Å²) in [5.74, 6) is 1.67. The molecule has 0 saturated heterocycles. The van der Waals surface area contributed by atoms with E-state index in [0.29, 0.717) is 23.9 Å². The summed E-state index contributed by atoms with van der Waals surface area (Å²) in [7, 11) is -3.43. The Hall–Kier alpha value is -1.70. The number of fused-ring (bicyclic) bond motifs is 1. The van der Waals surface area contributed by atoms with Gasteiger partial charge in [0.2, 0.25) is 10.0 Å². The van der Waals surface area contributed by atoms with Crippen molar-refractivity contribution < 1.29 is 12.8 Å². The van der Waals surface area contributed by atoms with Crippen LogP contribution in [0.2, 0.25) is 0 Å². The van der Waals surface area contributed by atoms with Crippen molar-refractivity contribution in [2.75, 3.05) is 6.54 Å². The van der Waals surface area contributed by atoms with Crippen molar-refractivity contribution in [1.82, 2.24) is 15.0 Å². The number of rotatable bonds is 6. The minimum absolute atomic E-state index is 0.153. The number of aryl methyl sites for hydroxylation is 2. The molecule has 24 heavy (non-hydrogen) atoms. The van der Waals surface area contributed by atoms with Gasteiger partial charge in [0, 0.05) is 26.4 Å². The maximum absolute atomic E-state index is 12.1. The highest BCUT2D eigenvalue weighted by Crippen LogP contribution is 2.30. The molecule has 1 atom stereocenters. The second kappa shape index (κ2) is 7.04. The number of nitrogens with one attached hydrogen (secondary N) is 2. The Kier molecular flexibility index (Phi) is 5.03. The van der Waals surface area contributed by atoms with E-state index in [0.717, 1.165) is 36.3 Å². The standard InChI is InChI=1S/C17H23N3O3S/c1-3-19-24(21,22)14-7-4-6-13(10-14)11-18-15-8-5-9-16-17(15)20-12(2)23-16/h4,6-7,10,15,18-19H,3,5,8-9,11H2,1-2H3. The van der Waals surface area contributed by atoms with Gasteiger partial charge in [-0.05, 0) is 30.5 Å². The topological polar surface area (TPSA) is 84.2 Å². The first-order chi connectivity index (χ1) is 11.5. The molecule has 0 spiro atoms. The van der Waals surface area contributed by atoms with Crippen LogP contribution in [-0.4, -0.2) is 19.9 Å². The molecule has 1 aliphatic carbocycles. The predicted octanol–water partition coefficient (Wildman–Crippen LogP) is 2.45. The van der Waals surface area contributed by atoms with Crippen LogP contribution in [0.3, 0.4) is 0 Å². The van der Waals surface area contributed by atoms with E-state index < -0.39 is 10.0 Å². The molecule has 0 radical (unpaired) electrons. The quantitative estimate of drug-likeness (QED) is 0.837. The van der Waals surface area contributed by atoms with Gasteiger partial charge in [-0.2, -0.15) is 0 Å². The number of hydrogen-bond acceptors (Lipinski definition) is 5. The first-order valence-electron chi connectivity index (χ1n) is 8.28. The summed E-state index contributed by atoms with van der Waals surface area (Å²) >= 11 is 0. The van der Waals surface area contributed by atoms with Crippen molar-refractivity contribution >= 4 is 10.0 Å². The van der Waals surface area contributed by atoms with Crippen LogP contribution >= 0.6 is 0 Å². The minimum atomic E-state index is -3.43. The molecule has 2 N–H and O–H groups in total.